The van der Waals surface area contributed by atoms with E-state index >= 15 is 0 Å². The Kier molecular flexibility index (Phi) is 4.34. The average Bonchev–Trinajstić information content (AvgIpc) is 2.28. The molecule has 0 fully saturated rings. The van der Waals surface area contributed by atoms with Crippen LogP contribution < -0.4 is 5.73 Å². The summed E-state index contributed by atoms with van der Waals surface area (Å²) in [5, 5.41) is 10.7. The maximum atomic E-state index is 10.7. The molecule has 3 N–H and O–H groups in total. The molecule has 0 saturated carbocycles. The van der Waals surface area contributed by atoms with Crippen molar-refractivity contribution in [3.63, 3.8) is 0 Å². The van der Waals surface area contributed by atoms with Crippen molar-refractivity contribution in [2.75, 3.05) is 6.54 Å². The third-order valence-electron chi connectivity index (χ3n) is 3.51. The van der Waals surface area contributed by atoms with Crippen molar-refractivity contribution in [2.24, 2.45) is 11.1 Å². The van der Waals surface area contributed by atoms with E-state index < -0.39 is 5.60 Å². The standard InChI is InChI=1S/C15H25NO/c1-5-6-12-7-9-13(10-8-12)15(17,11-16)14(2,3)4/h7-10,17H,5-6,11,16H2,1-4H3. The van der Waals surface area contributed by atoms with Gasteiger partial charge in [0.1, 0.15) is 5.60 Å². The number of hydrogen-bond donors (Lipinski definition) is 2. The van der Waals surface area contributed by atoms with Gasteiger partial charge in [-0.25, -0.2) is 0 Å². The minimum absolute atomic E-state index is 0.240. The van der Waals surface area contributed by atoms with Crippen LogP contribution in [0.3, 0.4) is 0 Å². The normalized spacial score (nSPS) is 15.6. The SMILES string of the molecule is CCCc1ccc(C(O)(CN)C(C)(C)C)cc1. The molecule has 0 bridgehead atoms. The van der Waals surface area contributed by atoms with Gasteiger partial charge in [0.05, 0.1) is 0 Å². The molecule has 2 nitrogen and oxygen atoms in total. The summed E-state index contributed by atoms with van der Waals surface area (Å²) in [4.78, 5) is 0. The molecule has 96 valence electrons. The molecule has 0 aromatic heterocycles. The maximum Gasteiger partial charge on any atom is 0.107 e. The number of rotatable bonds is 4. The van der Waals surface area contributed by atoms with Gasteiger partial charge in [-0.15, -0.1) is 0 Å². The van der Waals surface area contributed by atoms with E-state index in [4.69, 9.17) is 5.73 Å². The van der Waals surface area contributed by atoms with Gasteiger partial charge >= 0.3 is 0 Å². The summed E-state index contributed by atoms with van der Waals surface area (Å²) in [6.07, 6.45) is 2.22. The van der Waals surface area contributed by atoms with Crippen molar-refractivity contribution in [2.45, 2.75) is 46.1 Å². The lowest BCUT2D eigenvalue weighted by Crippen LogP contribution is -2.46. The average molecular weight is 235 g/mol. The van der Waals surface area contributed by atoms with Crippen molar-refractivity contribution in [1.29, 1.82) is 0 Å². The second kappa shape index (κ2) is 5.19. The lowest BCUT2D eigenvalue weighted by Gasteiger charge is -2.40. The van der Waals surface area contributed by atoms with Crippen molar-refractivity contribution >= 4 is 0 Å². The van der Waals surface area contributed by atoms with E-state index in [-0.39, 0.29) is 12.0 Å². The van der Waals surface area contributed by atoms with Crippen LogP contribution in [0.4, 0.5) is 0 Å². The molecule has 0 aliphatic rings. The second-order valence-electron chi connectivity index (χ2n) is 5.76. The highest BCUT2D eigenvalue weighted by Crippen LogP contribution is 2.38. The monoisotopic (exact) mass is 235 g/mol. The molecule has 0 amide bonds. The highest BCUT2D eigenvalue weighted by atomic mass is 16.3. The van der Waals surface area contributed by atoms with Crippen LogP contribution in [-0.2, 0) is 12.0 Å². The predicted molar refractivity (Wildman–Crippen MR) is 72.8 cm³/mol. The van der Waals surface area contributed by atoms with Gasteiger partial charge in [0.15, 0.2) is 0 Å². The zero-order chi connectivity index (χ0) is 13.1. The van der Waals surface area contributed by atoms with Crippen LogP contribution in [0.1, 0.15) is 45.2 Å². The van der Waals surface area contributed by atoms with Crippen molar-refractivity contribution in [3.8, 4) is 0 Å². The molecule has 2 heteroatoms. The number of aryl methyl sites for hydroxylation is 1. The molecule has 0 saturated heterocycles. The highest BCUT2D eigenvalue weighted by Gasteiger charge is 2.40. The van der Waals surface area contributed by atoms with Gasteiger partial charge in [-0.2, -0.15) is 0 Å². The zero-order valence-electron chi connectivity index (χ0n) is 11.5. The van der Waals surface area contributed by atoms with E-state index in [0.29, 0.717) is 0 Å². The lowest BCUT2D eigenvalue weighted by atomic mass is 9.72. The van der Waals surface area contributed by atoms with Crippen LogP contribution in [-0.4, -0.2) is 11.7 Å². The first kappa shape index (κ1) is 14.2. The molecule has 1 aromatic carbocycles. The first-order valence-corrected chi connectivity index (χ1v) is 6.37. The van der Waals surface area contributed by atoms with Gasteiger partial charge in [-0.05, 0) is 23.0 Å². The van der Waals surface area contributed by atoms with E-state index in [2.05, 4.69) is 19.1 Å². The Hall–Kier alpha value is -0.860. The molecule has 1 aromatic rings. The Morgan fingerprint density at radius 2 is 1.65 bits per heavy atom. The third kappa shape index (κ3) is 2.88. The summed E-state index contributed by atoms with van der Waals surface area (Å²) >= 11 is 0. The molecule has 1 atom stereocenters. The summed E-state index contributed by atoms with van der Waals surface area (Å²) in [5.41, 5.74) is 6.76. The fourth-order valence-electron chi connectivity index (χ4n) is 2.09. The molecule has 17 heavy (non-hydrogen) atoms. The van der Waals surface area contributed by atoms with E-state index in [0.717, 1.165) is 18.4 Å². The largest absolute Gasteiger partial charge is 0.383 e. The first-order chi connectivity index (χ1) is 7.85. The summed E-state index contributed by atoms with van der Waals surface area (Å²) < 4.78 is 0. The first-order valence-electron chi connectivity index (χ1n) is 6.37. The van der Waals surface area contributed by atoms with Crippen LogP contribution >= 0.6 is 0 Å². The fraction of sp³-hybridized carbons (Fsp3) is 0.600. The molecule has 0 aliphatic heterocycles. The molecule has 1 unspecified atom stereocenters. The van der Waals surface area contributed by atoms with Gasteiger partial charge in [0.2, 0.25) is 0 Å². The highest BCUT2D eigenvalue weighted by molar-refractivity contribution is 5.29. The summed E-state index contributed by atoms with van der Waals surface area (Å²) in [5.74, 6) is 0. The maximum absolute atomic E-state index is 10.7. The number of nitrogens with two attached hydrogens (primary N) is 1. The number of benzene rings is 1. The number of aliphatic hydroxyl groups is 1. The van der Waals surface area contributed by atoms with Crippen LogP contribution in [0.25, 0.3) is 0 Å². The Labute approximate surface area is 105 Å². The Morgan fingerprint density at radius 3 is 2.00 bits per heavy atom. The summed E-state index contributed by atoms with van der Waals surface area (Å²) in [7, 11) is 0. The van der Waals surface area contributed by atoms with E-state index in [1.54, 1.807) is 0 Å². The van der Waals surface area contributed by atoms with Crippen LogP contribution in [0, 0.1) is 5.41 Å². The van der Waals surface area contributed by atoms with E-state index in [1.165, 1.54) is 5.56 Å². The van der Waals surface area contributed by atoms with Crippen molar-refractivity contribution < 1.29 is 5.11 Å². The minimum atomic E-state index is -0.961. The topological polar surface area (TPSA) is 46.2 Å². The minimum Gasteiger partial charge on any atom is -0.383 e. The molecule has 0 aliphatic carbocycles. The molecular formula is C15H25NO. The van der Waals surface area contributed by atoms with Crippen LogP contribution in [0.15, 0.2) is 24.3 Å². The number of hydrogen-bond acceptors (Lipinski definition) is 2. The van der Waals surface area contributed by atoms with E-state index in [1.807, 2.05) is 32.9 Å². The van der Waals surface area contributed by atoms with Crippen LogP contribution in [0.5, 0.6) is 0 Å². The third-order valence-corrected chi connectivity index (χ3v) is 3.51. The molecule has 1 rings (SSSR count). The fourth-order valence-corrected chi connectivity index (χ4v) is 2.09. The smallest absolute Gasteiger partial charge is 0.107 e. The van der Waals surface area contributed by atoms with Gasteiger partial charge in [-0.3, -0.25) is 0 Å². The molecule has 0 heterocycles. The van der Waals surface area contributed by atoms with Gasteiger partial charge < -0.3 is 10.8 Å². The van der Waals surface area contributed by atoms with Crippen molar-refractivity contribution in [1.82, 2.24) is 0 Å². The van der Waals surface area contributed by atoms with Gasteiger partial charge in [0, 0.05) is 6.54 Å². The molecular weight excluding hydrogens is 210 g/mol. The predicted octanol–water partition coefficient (Wildman–Crippen LogP) is 2.83. The van der Waals surface area contributed by atoms with Gasteiger partial charge in [-0.1, -0.05) is 58.4 Å². The molecule has 0 radical (unpaired) electrons. The Morgan fingerprint density at radius 1 is 1.12 bits per heavy atom. The van der Waals surface area contributed by atoms with E-state index in [9.17, 15) is 5.11 Å². The quantitative estimate of drug-likeness (QED) is 0.843. The summed E-state index contributed by atoms with van der Waals surface area (Å²) in [6, 6.07) is 8.18. The lowest BCUT2D eigenvalue weighted by molar-refractivity contribution is -0.0557. The van der Waals surface area contributed by atoms with Crippen LogP contribution in [0.2, 0.25) is 0 Å². The zero-order valence-corrected chi connectivity index (χ0v) is 11.5. The van der Waals surface area contributed by atoms with Crippen molar-refractivity contribution in [3.05, 3.63) is 35.4 Å². The Balaban J connectivity index is 3.05. The van der Waals surface area contributed by atoms with Gasteiger partial charge in [0.25, 0.3) is 0 Å². The summed E-state index contributed by atoms with van der Waals surface area (Å²) in [6.45, 7) is 8.45. The molecule has 0 spiro atoms. The Bertz CT molecular complexity index is 350. The second-order valence-corrected chi connectivity index (χ2v) is 5.76.